The molecular weight excluding hydrogens is 308 g/mol. The Hall–Kier alpha value is -2.39. The van der Waals surface area contributed by atoms with Crippen molar-refractivity contribution in [1.82, 2.24) is 5.01 Å². The van der Waals surface area contributed by atoms with Gasteiger partial charge in [0.15, 0.2) is 0 Å². The quantitative estimate of drug-likeness (QED) is 0.318. The van der Waals surface area contributed by atoms with Crippen LogP contribution in [0.3, 0.4) is 0 Å². The Balaban J connectivity index is 2.17. The molecule has 1 N–H and O–H groups in total. The highest BCUT2D eigenvalue weighted by molar-refractivity contribution is 6.10. The van der Waals surface area contributed by atoms with Gasteiger partial charge in [0.2, 0.25) is 0 Å². The van der Waals surface area contributed by atoms with Crippen LogP contribution in [0, 0.1) is 0 Å². The summed E-state index contributed by atoms with van der Waals surface area (Å²) in [7, 11) is 0. The third-order valence-electron chi connectivity index (χ3n) is 3.90. The molecule has 0 aromatic heterocycles. The summed E-state index contributed by atoms with van der Waals surface area (Å²) in [4.78, 5) is 58.7. The van der Waals surface area contributed by atoms with E-state index in [1.165, 1.54) is 0 Å². The summed E-state index contributed by atoms with van der Waals surface area (Å²) < 4.78 is -1.11. The third-order valence-corrected chi connectivity index (χ3v) is 3.90. The number of aliphatic hydroxyl groups is 1. The van der Waals surface area contributed by atoms with E-state index in [2.05, 4.69) is 0 Å². The fraction of sp³-hybridized carbons (Fsp3) is 0.500. The van der Waals surface area contributed by atoms with Gasteiger partial charge in [0, 0.05) is 5.97 Å². The molecule has 0 radical (unpaired) electrons. The van der Waals surface area contributed by atoms with Crippen LogP contribution in [0.4, 0.5) is 0 Å². The molecule has 9 heteroatoms. The lowest BCUT2D eigenvalue weighted by atomic mass is 10.2. The van der Waals surface area contributed by atoms with Gasteiger partial charge in [-0.3, -0.25) is 9.59 Å². The van der Waals surface area contributed by atoms with Crippen molar-refractivity contribution in [1.29, 1.82) is 0 Å². The van der Waals surface area contributed by atoms with Gasteiger partial charge in [0.25, 0.3) is 5.91 Å². The zero-order valence-electron chi connectivity index (χ0n) is 12.3. The van der Waals surface area contributed by atoms with Crippen LogP contribution in [0.5, 0.6) is 0 Å². The van der Waals surface area contributed by atoms with E-state index < -0.39 is 46.7 Å². The van der Waals surface area contributed by atoms with Crippen LogP contribution >= 0.6 is 0 Å². The molecule has 124 valence electrons. The lowest BCUT2D eigenvalue weighted by molar-refractivity contribution is -0.867. The summed E-state index contributed by atoms with van der Waals surface area (Å²) >= 11 is 0. The minimum absolute atomic E-state index is 0.151. The summed E-state index contributed by atoms with van der Waals surface area (Å²) in [5, 5.41) is 20.4. The van der Waals surface area contributed by atoms with Gasteiger partial charge in [-0.1, -0.05) is 4.59 Å². The van der Waals surface area contributed by atoms with E-state index in [0.29, 0.717) is 17.9 Å². The van der Waals surface area contributed by atoms with Gasteiger partial charge in [-0.05, 0) is 25.7 Å². The number of carboxylic acid groups (broad SMARTS) is 1. The second-order valence-electron chi connectivity index (χ2n) is 5.45. The zero-order valence-corrected chi connectivity index (χ0v) is 12.3. The Morgan fingerprint density at radius 1 is 1.17 bits per heavy atom. The van der Waals surface area contributed by atoms with Gasteiger partial charge >= 0.3 is 17.7 Å². The molecule has 0 aliphatic carbocycles. The summed E-state index contributed by atoms with van der Waals surface area (Å²) in [6, 6.07) is 0. The Bertz CT molecular complexity index is 592. The standard InChI is InChI=1S/C14H16N2O7/c17-9-8-10(18)15(14(9)23)16(11(19)5-6-12(16)20)7-3-1-2-4-13(21)22/h5-6,9,17H,1-4,7-8H2. The van der Waals surface area contributed by atoms with E-state index in [-0.39, 0.29) is 19.4 Å². The molecular formula is C14H16N2O7. The average molecular weight is 324 g/mol. The maximum Gasteiger partial charge on any atom is 0.371 e. The monoisotopic (exact) mass is 324 g/mol. The van der Waals surface area contributed by atoms with Crippen LogP contribution in [-0.2, 0) is 24.0 Å². The average Bonchev–Trinajstić information content (AvgIpc) is 2.89. The number of unbranched alkanes of at least 4 members (excludes halogenated alkanes) is 2. The number of hydrogen-bond acceptors (Lipinski definition) is 7. The number of nitrogens with zero attached hydrogens (tertiary/aromatic N) is 2. The van der Waals surface area contributed by atoms with Gasteiger partial charge < -0.3 is 15.0 Å². The van der Waals surface area contributed by atoms with E-state index in [0.717, 1.165) is 12.2 Å². The first-order valence-corrected chi connectivity index (χ1v) is 7.21. The van der Waals surface area contributed by atoms with Crippen LogP contribution in [0.2, 0.25) is 0 Å². The van der Waals surface area contributed by atoms with Gasteiger partial charge in [-0.15, -0.1) is 5.01 Å². The van der Waals surface area contributed by atoms with Crippen molar-refractivity contribution in [2.75, 3.05) is 6.54 Å². The number of imide groups is 2. The van der Waals surface area contributed by atoms with Crippen molar-refractivity contribution in [3.63, 3.8) is 0 Å². The lowest BCUT2D eigenvalue weighted by Crippen LogP contribution is -2.66. The number of amides is 4. The van der Waals surface area contributed by atoms with E-state index in [1.54, 1.807) is 0 Å². The van der Waals surface area contributed by atoms with Crippen molar-refractivity contribution in [2.45, 2.75) is 38.2 Å². The minimum atomic E-state index is -1.56. The SMILES string of the molecule is O=C([O-])CCCCC[N+]1(N2C(=O)CC(O)C2=O)C(=O)C=CC1=O. The highest BCUT2D eigenvalue weighted by atomic mass is 16.4. The molecule has 2 aliphatic rings. The number of rotatable bonds is 7. The number of hydrogen-bond donors (Lipinski definition) is 1. The summed E-state index contributed by atoms with van der Waals surface area (Å²) in [5.74, 6) is -4.42. The molecule has 0 spiro atoms. The molecule has 1 fully saturated rings. The summed E-state index contributed by atoms with van der Waals surface area (Å²) in [5.41, 5.74) is 0. The Morgan fingerprint density at radius 3 is 2.26 bits per heavy atom. The highest BCUT2D eigenvalue weighted by Crippen LogP contribution is 2.28. The largest absolute Gasteiger partial charge is 0.550 e. The third kappa shape index (κ3) is 2.92. The Labute approximate surface area is 131 Å². The van der Waals surface area contributed by atoms with E-state index >= 15 is 0 Å². The van der Waals surface area contributed by atoms with Crippen molar-refractivity contribution in [3.05, 3.63) is 12.2 Å². The molecule has 1 atom stereocenters. The van der Waals surface area contributed by atoms with Crippen molar-refractivity contribution >= 4 is 29.6 Å². The highest BCUT2D eigenvalue weighted by Gasteiger charge is 2.60. The van der Waals surface area contributed by atoms with Crippen molar-refractivity contribution < 1.29 is 38.8 Å². The molecule has 23 heavy (non-hydrogen) atoms. The lowest BCUT2D eigenvalue weighted by Gasteiger charge is -2.33. The fourth-order valence-electron chi connectivity index (χ4n) is 2.76. The van der Waals surface area contributed by atoms with Crippen molar-refractivity contribution in [3.8, 4) is 0 Å². The smallest absolute Gasteiger partial charge is 0.371 e. The molecule has 0 bridgehead atoms. The number of aliphatic carboxylic acids is 1. The minimum Gasteiger partial charge on any atom is -0.550 e. The van der Waals surface area contributed by atoms with E-state index in [9.17, 15) is 34.2 Å². The molecule has 0 saturated carbocycles. The first-order chi connectivity index (χ1) is 10.8. The van der Waals surface area contributed by atoms with Crippen LogP contribution in [-0.4, -0.2) is 57.0 Å². The number of aliphatic hydroxyl groups excluding tert-OH is 1. The van der Waals surface area contributed by atoms with Crippen LogP contribution in [0.15, 0.2) is 12.2 Å². The molecule has 4 amide bonds. The van der Waals surface area contributed by atoms with Gasteiger partial charge in [0.05, 0.1) is 18.6 Å². The van der Waals surface area contributed by atoms with Crippen LogP contribution in [0.25, 0.3) is 0 Å². The maximum absolute atomic E-state index is 12.2. The topological polar surface area (TPSA) is 132 Å². The van der Waals surface area contributed by atoms with Gasteiger partial charge in [-0.2, -0.15) is 0 Å². The molecule has 0 aromatic rings. The molecule has 2 heterocycles. The van der Waals surface area contributed by atoms with E-state index in [4.69, 9.17) is 0 Å². The van der Waals surface area contributed by atoms with Gasteiger partial charge in [-0.25, -0.2) is 9.59 Å². The van der Waals surface area contributed by atoms with Crippen molar-refractivity contribution in [2.24, 2.45) is 0 Å². The summed E-state index contributed by atoms with van der Waals surface area (Å²) in [6.07, 6.45) is 0.737. The second kappa shape index (κ2) is 6.39. The number of carbonyl (C=O) groups is 5. The molecule has 0 aromatic carbocycles. The predicted octanol–water partition coefficient (Wildman–Crippen LogP) is -2.23. The Kier molecular flexibility index (Phi) is 4.71. The maximum atomic E-state index is 12.2. The number of quaternary nitrogens is 1. The number of carboxylic acids is 1. The molecule has 1 saturated heterocycles. The molecule has 9 nitrogen and oxygen atoms in total. The molecule has 1 unspecified atom stereocenters. The van der Waals surface area contributed by atoms with Gasteiger partial charge in [0.1, 0.15) is 12.6 Å². The first-order valence-electron chi connectivity index (χ1n) is 7.21. The first kappa shape index (κ1) is 17.0. The van der Waals surface area contributed by atoms with E-state index in [1.807, 2.05) is 0 Å². The zero-order chi connectivity index (χ0) is 17.2. The Morgan fingerprint density at radius 2 is 1.78 bits per heavy atom. The van der Waals surface area contributed by atoms with Crippen LogP contribution in [0.1, 0.15) is 32.1 Å². The summed E-state index contributed by atoms with van der Waals surface area (Å²) in [6.45, 7) is -0.151. The molecule has 2 rings (SSSR count). The second-order valence-corrected chi connectivity index (χ2v) is 5.45. The normalized spacial score (nSPS) is 23.2. The van der Waals surface area contributed by atoms with Crippen LogP contribution < -0.4 is 5.11 Å². The fourth-order valence-corrected chi connectivity index (χ4v) is 2.76. The molecule has 2 aliphatic heterocycles. The predicted molar refractivity (Wildman–Crippen MR) is 70.2 cm³/mol. The number of carbonyl (C=O) groups excluding carboxylic acids is 5.